The molecule has 3 rings (SSSR count). The van der Waals surface area contributed by atoms with Crippen LogP contribution in [-0.4, -0.2) is 10.2 Å². The lowest BCUT2D eigenvalue weighted by Gasteiger charge is -2.23. The Morgan fingerprint density at radius 2 is 1.37 bits per heavy atom. The van der Waals surface area contributed by atoms with E-state index in [0.717, 1.165) is 0 Å². The van der Waals surface area contributed by atoms with Crippen LogP contribution in [0.25, 0.3) is 0 Å². The summed E-state index contributed by atoms with van der Waals surface area (Å²) >= 11 is 17.8. The minimum absolute atomic E-state index is 0.00238. The van der Waals surface area contributed by atoms with Crippen LogP contribution in [0.15, 0.2) is 18.2 Å². The number of aromatic hydroxyl groups is 2. The molecule has 7 heteroatoms. The second-order valence-electron chi connectivity index (χ2n) is 3.75. The maximum absolute atomic E-state index is 9.63. The van der Waals surface area contributed by atoms with E-state index in [-0.39, 0.29) is 27.3 Å². The number of phenolic OH excluding ortho intramolecular Hbond substituents is 2. The second-order valence-corrected chi connectivity index (χ2v) is 4.92. The lowest BCUT2D eigenvalue weighted by Crippen LogP contribution is -2.01. The minimum atomic E-state index is -0.579. The van der Waals surface area contributed by atoms with Gasteiger partial charge in [-0.25, -0.2) is 0 Å². The molecule has 0 aromatic heterocycles. The Hall–Kier alpha value is -1.49. The quantitative estimate of drug-likeness (QED) is 0.575. The van der Waals surface area contributed by atoms with E-state index in [9.17, 15) is 10.2 Å². The third kappa shape index (κ3) is 1.75. The Kier molecular flexibility index (Phi) is 2.82. The largest absolute Gasteiger partial charge is 0.503 e. The molecule has 0 spiro atoms. The summed E-state index contributed by atoms with van der Waals surface area (Å²) in [6.07, 6.45) is 0. The number of hydrogen-bond donors (Lipinski definition) is 2. The Balaban J connectivity index is 2.26. The average molecular weight is 320 g/mol. The summed E-state index contributed by atoms with van der Waals surface area (Å²) in [4.78, 5) is 0. The van der Waals surface area contributed by atoms with E-state index < -0.39 is 11.5 Å². The summed E-state index contributed by atoms with van der Waals surface area (Å²) in [5.74, 6) is -0.522. The standard InChI is InChI=1S/C12H5Cl3O4/c13-4-2-1-3-5-10(4)19-12-7(15)9(17)8(16)6(14)11(12)18-5/h1-3,16-17H. The summed E-state index contributed by atoms with van der Waals surface area (Å²) in [7, 11) is 0. The number of ether oxygens (including phenoxy) is 2. The Bertz CT molecular complexity index is 700. The Labute approximate surface area is 122 Å². The molecule has 0 fully saturated rings. The maximum atomic E-state index is 9.63. The van der Waals surface area contributed by atoms with Crippen molar-refractivity contribution in [2.45, 2.75) is 0 Å². The number of phenols is 2. The Morgan fingerprint density at radius 3 is 2.00 bits per heavy atom. The van der Waals surface area contributed by atoms with Gasteiger partial charge in [0.05, 0.1) is 5.02 Å². The smallest absolute Gasteiger partial charge is 0.194 e. The second kappa shape index (κ2) is 4.27. The fourth-order valence-corrected chi connectivity index (χ4v) is 2.32. The van der Waals surface area contributed by atoms with Gasteiger partial charge in [0.25, 0.3) is 0 Å². The normalized spacial score (nSPS) is 12.2. The van der Waals surface area contributed by atoms with E-state index in [4.69, 9.17) is 44.3 Å². The van der Waals surface area contributed by atoms with Crippen LogP contribution in [0.5, 0.6) is 34.5 Å². The van der Waals surface area contributed by atoms with Gasteiger partial charge in [-0.2, -0.15) is 0 Å². The van der Waals surface area contributed by atoms with Crippen molar-refractivity contribution in [3.63, 3.8) is 0 Å². The molecular formula is C12H5Cl3O4. The average Bonchev–Trinajstić information content (AvgIpc) is 2.42. The van der Waals surface area contributed by atoms with Crippen LogP contribution in [-0.2, 0) is 0 Å². The summed E-state index contributed by atoms with van der Waals surface area (Å²) in [5.41, 5.74) is 0. The van der Waals surface area contributed by atoms with E-state index in [1.807, 2.05) is 0 Å². The molecule has 0 saturated carbocycles. The number of benzene rings is 2. The van der Waals surface area contributed by atoms with E-state index in [1.54, 1.807) is 18.2 Å². The van der Waals surface area contributed by atoms with Crippen LogP contribution in [0.3, 0.4) is 0 Å². The molecule has 0 saturated heterocycles. The van der Waals surface area contributed by atoms with Gasteiger partial charge < -0.3 is 19.7 Å². The Morgan fingerprint density at radius 1 is 0.789 bits per heavy atom. The summed E-state index contributed by atoms with van der Waals surface area (Å²) in [6, 6.07) is 4.91. The molecule has 2 aromatic carbocycles. The highest BCUT2D eigenvalue weighted by atomic mass is 35.5. The van der Waals surface area contributed by atoms with Gasteiger partial charge in [0.15, 0.2) is 34.5 Å². The van der Waals surface area contributed by atoms with Gasteiger partial charge in [-0.1, -0.05) is 40.9 Å². The summed E-state index contributed by atoms with van der Waals surface area (Å²) < 4.78 is 11.0. The molecule has 0 aliphatic carbocycles. The van der Waals surface area contributed by atoms with Crippen molar-refractivity contribution < 1.29 is 19.7 Å². The maximum Gasteiger partial charge on any atom is 0.194 e. The van der Waals surface area contributed by atoms with Crippen LogP contribution >= 0.6 is 34.8 Å². The van der Waals surface area contributed by atoms with Gasteiger partial charge >= 0.3 is 0 Å². The molecule has 0 bridgehead atoms. The lowest BCUT2D eigenvalue weighted by atomic mass is 10.2. The third-order valence-corrected chi connectivity index (χ3v) is 3.59. The first-order valence-electron chi connectivity index (χ1n) is 5.07. The number of fused-ring (bicyclic) bond motifs is 2. The molecule has 0 radical (unpaired) electrons. The molecule has 1 aliphatic heterocycles. The monoisotopic (exact) mass is 318 g/mol. The molecule has 98 valence electrons. The fourth-order valence-electron chi connectivity index (χ4n) is 1.69. The molecule has 4 nitrogen and oxygen atoms in total. The highest BCUT2D eigenvalue weighted by Gasteiger charge is 2.30. The highest BCUT2D eigenvalue weighted by Crippen LogP contribution is 2.59. The van der Waals surface area contributed by atoms with Crippen molar-refractivity contribution in [1.82, 2.24) is 0 Å². The zero-order valence-electron chi connectivity index (χ0n) is 9.08. The number of halogens is 3. The first-order chi connectivity index (χ1) is 9.00. The zero-order chi connectivity index (χ0) is 13.7. The molecule has 2 aromatic rings. The molecule has 2 N–H and O–H groups in total. The van der Waals surface area contributed by atoms with Crippen molar-refractivity contribution in [2.75, 3.05) is 0 Å². The van der Waals surface area contributed by atoms with Crippen LogP contribution < -0.4 is 9.47 Å². The molecule has 1 heterocycles. The molecule has 0 amide bonds. The van der Waals surface area contributed by atoms with Crippen molar-refractivity contribution >= 4 is 34.8 Å². The van der Waals surface area contributed by atoms with E-state index in [0.29, 0.717) is 10.8 Å². The number of hydrogen-bond acceptors (Lipinski definition) is 4. The number of rotatable bonds is 0. The number of para-hydroxylation sites is 1. The van der Waals surface area contributed by atoms with Crippen LogP contribution in [0, 0.1) is 0 Å². The predicted molar refractivity (Wildman–Crippen MR) is 71.4 cm³/mol. The fraction of sp³-hybridized carbons (Fsp3) is 0. The minimum Gasteiger partial charge on any atom is -0.503 e. The van der Waals surface area contributed by atoms with Gasteiger partial charge in [-0.15, -0.1) is 0 Å². The SMILES string of the molecule is Oc1c(O)c(Cl)c2c(c1Cl)Oc1cccc(Cl)c1O2. The van der Waals surface area contributed by atoms with Crippen molar-refractivity contribution in [3.8, 4) is 34.5 Å². The van der Waals surface area contributed by atoms with Gasteiger partial charge in [-0.3, -0.25) is 0 Å². The highest BCUT2D eigenvalue weighted by molar-refractivity contribution is 6.38. The summed E-state index contributed by atoms with van der Waals surface area (Å²) in [5, 5.41) is 19.2. The van der Waals surface area contributed by atoms with Crippen molar-refractivity contribution in [1.29, 1.82) is 0 Å². The van der Waals surface area contributed by atoms with E-state index >= 15 is 0 Å². The van der Waals surface area contributed by atoms with Crippen LogP contribution in [0.2, 0.25) is 15.1 Å². The van der Waals surface area contributed by atoms with Gasteiger partial charge in [-0.05, 0) is 12.1 Å². The topological polar surface area (TPSA) is 58.9 Å². The van der Waals surface area contributed by atoms with Crippen molar-refractivity contribution in [3.05, 3.63) is 33.3 Å². The first-order valence-corrected chi connectivity index (χ1v) is 6.21. The van der Waals surface area contributed by atoms with Gasteiger partial charge in [0.2, 0.25) is 0 Å². The molecule has 0 unspecified atom stereocenters. The van der Waals surface area contributed by atoms with Crippen LogP contribution in [0.1, 0.15) is 0 Å². The third-order valence-electron chi connectivity index (χ3n) is 2.59. The van der Waals surface area contributed by atoms with Crippen LogP contribution in [0.4, 0.5) is 0 Å². The lowest BCUT2D eigenvalue weighted by molar-refractivity contribution is 0.347. The van der Waals surface area contributed by atoms with Gasteiger partial charge in [0.1, 0.15) is 10.0 Å². The predicted octanol–water partition coefficient (Wildman–Crippen LogP) is 4.96. The van der Waals surface area contributed by atoms with Gasteiger partial charge in [0, 0.05) is 0 Å². The first kappa shape index (κ1) is 12.5. The van der Waals surface area contributed by atoms with E-state index in [1.165, 1.54) is 0 Å². The zero-order valence-corrected chi connectivity index (χ0v) is 11.3. The molecular weight excluding hydrogens is 314 g/mol. The molecule has 1 aliphatic rings. The van der Waals surface area contributed by atoms with E-state index in [2.05, 4.69) is 0 Å². The molecule has 0 atom stereocenters. The van der Waals surface area contributed by atoms with Crippen molar-refractivity contribution in [2.24, 2.45) is 0 Å². The summed E-state index contributed by atoms with van der Waals surface area (Å²) in [6.45, 7) is 0. The molecule has 19 heavy (non-hydrogen) atoms.